The molecule has 0 radical (unpaired) electrons. The van der Waals surface area contributed by atoms with Gasteiger partial charge < -0.3 is 35.4 Å². The maximum Gasteiger partial charge on any atom is 0.355 e. The summed E-state index contributed by atoms with van der Waals surface area (Å²) in [7, 11) is 0. The number of aromatic carboxylic acids is 1. The number of nitrogens with zero attached hydrogens (tertiary/aromatic N) is 5. The molecule has 0 spiro atoms. The SMILES string of the molecule is Cc1c(-c2ccc(N3CCc4cccc(C(=O)Nc5nc6ccccc6s5)c4C3)nc2C(=O)O)cnn1CC12CC3(C)CC(C)(C1)CC(OCCNC[C@H](O)[C@@H](O)CO)(C3)C2. The second-order valence-corrected chi connectivity index (χ2v) is 20.0. The number of fused-ring (bicyclic) bond motifs is 2. The quantitative estimate of drug-likeness (QED) is 0.0693. The molecular weight excluding hydrogens is 795 g/mol. The van der Waals surface area contributed by atoms with E-state index in [0.717, 1.165) is 71.1 Å². The molecule has 2 aromatic carbocycles. The van der Waals surface area contributed by atoms with Crippen LogP contribution in [0.25, 0.3) is 21.3 Å². The zero-order chi connectivity index (χ0) is 42.7. The highest BCUT2D eigenvalue weighted by atomic mass is 32.1. The van der Waals surface area contributed by atoms with E-state index in [1.54, 1.807) is 6.20 Å². The molecule has 14 nitrogen and oxygen atoms in total. The summed E-state index contributed by atoms with van der Waals surface area (Å²) in [4.78, 5) is 37.9. The number of aliphatic hydroxyl groups is 3. The van der Waals surface area contributed by atoms with Crippen molar-refractivity contribution < 1.29 is 34.8 Å². The van der Waals surface area contributed by atoms with Crippen molar-refractivity contribution in [1.82, 2.24) is 25.1 Å². The fraction of sp³-hybridized carbons (Fsp3) is 0.500. The molecule has 5 aromatic rings. The molecule has 4 bridgehead atoms. The fourth-order valence-electron chi connectivity index (χ4n) is 12.3. The normalized spacial score (nSPS) is 26.4. The van der Waals surface area contributed by atoms with Crippen LogP contribution in [0.1, 0.15) is 90.0 Å². The summed E-state index contributed by atoms with van der Waals surface area (Å²) in [6.07, 6.45) is 6.41. The number of carbonyl (C=O) groups excluding carboxylic acids is 1. The summed E-state index contributed by atoms with van der Waals surface area (Å²) in [5.41, 5.74) is 5.38. The molecule has 15 heteroatoms. The third-order valence-corrected chi connectivity index (χ3v) is 14.6. The molecule has 61 heavy (non-hydrogen) atoms. The smallest absolute Gasteiger partial charge is 0.355 e. The first-order valence-corrected chi connectivity index (χ1v) is 22.1. The number of aliphatic hydroxyl groups excluding tert-OH is 3. The molecule has 322 valence electrons. The third-order valence-electron chi connectivity index (χ3n) is 13.6. The zero-order valence-electron chi connectivity index (χ0n) is 35.0. The molecule has 4 atom stereocenters. The molecule has 1 amide bonds. The Balaban J connectivity index is 0.917. The van der Waals surface area contributed by atoms with Crippen LogP contribution in [0.4, 0.5) is 10.9 Å². The Morgan fingerprint density at radius 3 is 2.48 bits per heavy atom. The summed E-state index contributed by atoms with van der Waals surface area (Å²) in [6.45, 7) is 9.20. The van der Waals surface area contributed by atoms with Crippen LogP contribution >= 0.6 is 11.3 Å². The van der Waals surface area contributed by atoms with E-state index in [9.17, 15) is 24.9 Å². The van der Waals surface area contributed by atoms with E-state index in [4.69, 9.17) is 19.9 Å². The van der Waals surface area contributed by atoms with Crippen molar-refractivity contribution in [2.75, 3.05) is 43.1 Å². The predicted molar refractivity (Wildman–Crippen MR) is 233 cm³/mol. The number of aromatic nitrogens is 4. The number of para-hydroxylation sites is 1. The lowest BCUT2D eigenvalue weighted by Crippen LogP contribution is -2.64. The van der Waals surface area contributed by atoms with Gasteiger partial charge in [0.25, 0.3) is 5.91 Å². The number of rotatable bonds is 15. The molecule has 10 rings (SSSR count). The van der Waals surface area contributed by atoms with Gasteiger partial charge in [-0.25, -0.2) is 14.8 Å². The minimum absolute atomic E-state index is 0.0398. The van der Waals surface area contributed by atoms with Gasteiger partial charge in [-0.2, -0.15) is 5.10 Å². The summed E-state index contributed by atoms with van der Waals surface area (Å²) in [6, 6.07) is 17.3. The first-order chi connectivity index (χ1) is 29.2. The molecule has 1 aliphatic heterocycles. The van der Waals surface area contributed by atoms with E-state index >= 15 is 0 Å². The molecule has 5 aliphatic rings. The highest BCUT2D eigenvalue weighted by molar-refractivity contribution is 7.22. The molecule has 4 aliphatic carbocycles. The second-order valence-electron chi connectivity index (χ2n) is 19.0. The minimum Gasteiger partial charge on any atom is -0.476 e. The highest BCUT2D eigenvalue weighted by Crippen LogP contribution is 2.72. The standard InChI is InChI=1S/C46H55N7O7S/c1-28-32(17-48-53(28)27-45-22-43(2)21-44(3,23-45)25-46(24-43,26-45)60-16-14-47-18-35(55)36(56)20-54)30-11-12-38(50-39(30)41(58)59)52-15-13-29-7-6-8-31(33(29)19-52)40(57)51-42-49-34-9-4-5-10-37(34)61-42/h4-12,17,35-36,47,54-56H,13-16,18-27H2,1-3H3,(H,58,59)(H,49,51,57)/t35-,36-,43?,44?,45?,46?/m0/s1. The van der Waals surface area contributed by atoms with Crippen LogP contribution in [0.15, 0.2) is 60.8 Å². The monoisotopic (exact) mass is 849 g/mol. The number of pyridine rings is 1. The summed E-state index contributed by atoms with van der Waals surface area (Å²) in [5, 5.41) is 51.0. The van der Waals surface area contributed by atoms with E-state index in [1.807, 2.05) is 66.4 Å². The Hall–Kier alpha value is -4.77. The van der Waals surface area contributed by atoms with Gasteiger partial charge in [0.05, 0.1) is 41.3 Å². The predicted octanol–water partition coefficient (Wildman–Crippen LogP) is 5.82. The van der Waals surface area contributed by atoms with Crippen LogP contribution in [0, 0.1) is 23.2 Å². The fourth-order valence-corrected chi connectivity index (χ4v) is 13.1. The average Bonchev–Trinajstić information content (AvgIpc) is 3.79. The molecule has 3 aromatic heterocycles. The van der Waals surface area contributed by atoms with Gasteiger partial charge in [0.2, 0.25) is 0 Å². The van der Waals surface area contributed by atoms with Gasteiger partial charge >= 0.3 is 5.97 Å². The summed E-state index contributed by atoms with van der Waals surface area (Å²) in [5.74, 6) is -0.818. The Morgan fingerprint density at radius 2 is 1.72 bits per heavy atom. The van der Waals surface area contributed by atoms with Gasteiger partial charge in [-0.3, -0.25) is 14.8 Å². The molecule has 6 N–H and O–H groups in total. The van der Waals surface area contributed by atoms with Crippen molar-refractivity contribution in [3.63, 3.8) is 0 Å². The Kier molecular flexibility index (Phi) is 10.8. The van der Waals surface area contributed by atoms with Crippen molar-refractivity contribution in [3.8, 4) is 11.1 Å². The van der Waals surface area contributed by atoms with Crippen molar-refractivity contribution in [2.24, 2.45) is 16.2 Å². The van der Waals surface area contributed by atoms with Gasteiger partial charge in [0.15, 0.2) is 10.8 Å². The maximum atomic E-state index is 13.7. The summed E-state index contributed by atoms with van der Waals surface area (Å²) < 4.78 is 9.85. The Bertz CT molecular complexity index is 2430. The minimum atomic E-state index is -1.18. The second kappa shape index (κ2) is 15.9. The van der Waals surface area contributed by atoms with Crippen LogP contribution < -0.4 is 15.5 Å². The van der Waals surface area contributed by atoms with Gasteiger partial charge in [-0.15, -0.1) is 0 Å². The first-order valence-electron chi connectivity index (χ1n) is 21.3. The number of carboxylic acid groups (broad SMARTS) is 1. The number of hydrogen-bond acceptors (Lipinski definition) is 12. The number of anilines is 2. The van der Waals surface area contributed by atoms with Crippen LogP contribution in [-0.2, 0) is 24.2 Å². The topological polar surface area (TPSA) is 195 Å². The molecule has 2 unspecified atom stereocenters. The number of carboxylic acids is 1. The third kappa shape index (κ3) is 8.07. The Morgan fingerprint density at radius 1 is 0.934 bits per heavy atom. The lowest BCUT2D eigenvalue weighted by Gasteiger charge is -2.69. The van der Waals surface area contributed by atoms with Crippen LogP contribution in [0.3, 0.4) is 0 Å². The molecule has 4 fully saturated rings. The van der Waals surface area contributed by atoms with Crippen LogP contribution in [0.5, 0.6) is 0 Å². The number of carbonyl (C=O) groups is 2. The number of hydrogen-bond donors (Lipinski definition) is 6. The van der Waals surface area contributed by atoms with E-state index in [1.165, 1.54) is 11.3 Å². The summed E-state index contributed by atoms with van der Waals surface area (Å²) >= 11 is 1.43. The van der Waals surface area contributed by atoms with E-state index < -0.39 is 24.8 Å². The zero-order valence-corrected chi connectivity index (χ0v) is 35.8. The van der Waals surface area contributed by atoms with Gasteiger partial charge in [0, 0.05) is 55.1 Å². The highest BCUT2D eigenvalue weighted by Gasteiger charge is 2.66. The number of thiazole rings is 1. The number of ether oxygens (including phenoxy) is 1. The van der Waals surface area contributed by atoms with Crippen molar-refractivity contribution >= 4 is 44.4 Å². The van der Waals surface area contributed by atoms with Gasteiger partial charge in [-0.1, -0.05) is 49.4 Å². The van der Waals surface area contributed by atoms with E-state index in [0.29, 0.717) is 61.3 Å². The lowest BCUT2D eigenvalue weighted by atomic mass is 9.39. The van der Waals surface area contributed by atoms with Gasteiger partial charge in [-0.05, 0) is 110 Å². The molecular formula is C46H55N7O7S. The van der Waals surface area contributed by atoms with Crippen molar-refractivity contribution in [2.45, 2.75) is 96.6 Å². The van der Waals surface area contributed by atoms with Crippen LogP contribution in [-0.4, -0.2) is 103 Å². The van der Waals surface area contributed by atoms with E-state index in [2.05, 4.69) is 34.1 Å². The van der Waals surface area contributed by atoms with Crippen LogP contribution in [0.2, 0.25) is 0 Å². The largest absolute Gasteiger partial charge is 0.476 e. The molecule has 4 heterocycles. The first kappa shape index (κ1) is 41.6. The van der Waals surface area contributed by atoms with E-state index in [-0.39, 0.29) is 40.0 Å². The van der Waals surface area contributed by atoms with Gasteiger partial charge in [0.1, 0.15) is 11.9 Å². The van der Waals surface area contributed by atoms with Crippen molar-refractivity contribution in [1.29, 1.82) is 0 Å². The number of amides is 1. The number of benzene rings is 2. The lowest BCUT2D eigenvalue weighted by molar-refractivity contribution is -0.247. The Labute approximate surface area is 359 Å². The average molecular weight is 850 g/mol. The molecule has 0 saturated heterocycles. The number of nitrogens with one attached hydrogen (secondary N) is 2. The maximum absolute atomic E-state index is 13.7. The molecule has 4 saturated carbocycles. The van der Waals surface area contributed by atoms with Crippen molar-refractivity contribution in [3.05, 3.63) is 88.9 Å².